The van der Waals surface area contributed by atoms with E-state index in [0.29, 0.717) is 11.4 Å². The summed E-state index contributed by atoms with van der Waals surface area (Å²) in [5, 5.41) is 15.6. The molecule has 210 valence electrons. The standard InChI is InChI=1S/C39H29N5/c1-23-13-15-30-28-9-5-7-11-33(28)43(35(30)17-23)37-20-27(39-41-25(3)19-26(4)42-39)21-38(32(37)22-40)44-34-12-8-6-10-29(34)31-16-14-24(2)18-36(31)44/h5-21H,1-4H3. The van der Waals surface area contributed by atoms with Crippen LogP contribution in [0.25, 0.3) is 66.4 Å². The predicted molar refractivity (Wildman–Crippen MR) is 180 cm³/mol. The first-order valence-electron chi connectivity index (χ1n) is 14.8. The van der Waals surface area contributed by atoms with Gasteiger partial charge in [0.05, 0.1) is 33.4 Å². The highest BCUT2D eigenvalue weighted by atomic mass is 15.0. The second kappa shape index (κ2) is 9.65. The third kappa shape index (κ3) is 3.85. The first-order chi connectivity index (χ1) is 21.4. The molecule has 3 heterocycles. The van der Waals surface area contributed by atoms with Gasteiger partial charge in [0.25, 0.3) is 0 Å². The molecule has 0 bridgehead atoms. The molecule has 5 heteroatoms. The average Bonchev–Trinajstić information content (AvgIpc) is 3.51. The average molecular weight is 568 g/mol. The number of fused-ring (bicyclic) bond motifs is 6. The highest BCUT2D eigenvalue weighted by Gasteiger charge is 2.23. The van der Waals surface area contributed by atoms with Crippen LogP contribution in [0.4, 0.5) is 0 Å². The zero-order valence-electron chi connectivity index (χ0n) is 25.1. The summed E-state index contributed by atoms with van der Waals surface area (Å²) >= 11 is 0. The molecule has 0 aliphatic heterocycles. The van der Waals surface area contributed by atoms with Crippen LogP contribution < -0.4 is 0 Å². The molecule has 0 radical (unpaired) electrons. The summed E-state index contributed by atoms with van der Waals surface area (Å²) in [5.74, 6) is 0.642. The topological polar surface area (TPSA) is 59.4 Å². The molecule has 0 amide bonds. The monoisotopic (exact) mass is 567 g/mol. The summed E-state index contributed by atoms with van der Waals surface area (Å²) in [6, 6.07) is 38.7. The molecule has 0 aliphatic carbocycles. The number of aryl methyl sites for hydroxylation is 4. The van der Waals surface area contributed by atoms with E-state index in [-0.39, 0.29) is 0 Å². The molecule has 0 atom stereocenters. The molecular weight excluding hydrogens is 538 g/mol. The van der Waals surface area contributed by atoms with Gasteiger partial charge in [0, 0.05) is 38.5 Å². The lowest BCUT2D eigenvalue weighted by Crippen LogP contribution is -2.06. The molecular formula is C39H29N5. The normalized spacial score (nSPS) is 11.6. The van der Waals surface area contributed by atoms with Gasteiger partial charge in [-0.15, -0.1) is 0 Å². The number of rotatable bonds is 3. The Morgan fingerprint density at radius 1 is 0.523 bits per heavy atom. The fourth-order valence-corrected chi connectivity index (χ4v) is 6.74. The van der Waals surface area contributed by atoms with Crippen LogP contribution >= 0.6 is 0 Å². The lowest BCUT2D eigenvalue weighted by Gasteiger charge is -2.18. The zero-order valence-corrected chi connectivity index (χ0v) is 25.1. The molecule has 8 rings (SSSR count). The molecule has 0 aliphatic rings. The molecule has 0 unspecified atom stereocenters. The Balaban J connectivity index is 1.59. The van der Waals surface area contributed by atoms with E-state index in [1.807, 2.05) is 19.9 Å². The van der Waals surface area contributed by atoms with Crippen LogP contribution in [0.2, 0.25) is 0 Å². The van der Waals surface area contributed by atoms with Gasteiger partial charge in [-0.1, -0.05) is 60.7 Å². The Labute approximate surface area is 255 Å². The van der Waals surface area contributed by atoms with Gasteiger partial charge in [-0.25, -0.2) is 9.97 Å². The lowest BCUT2D eigenvalue weighted by molar-refractivity contribution is 1.05. The maximum atomic E-state index is 11.0. The maximum absolute atomic E-state index is 11.0. The maximum Gasteiger partial charge on any atom is 0.159 e. The quantitative estimate of drug-likeness (QED) is 0.214. The van der Waals surface area contributed by atoms with Crippen molar-refractivity contribution in [2.75, 3.05) is 0 Å². The number of para-hydroxylation sites is 2. The Hall–Kier alpha value is -5.73. The summed E-state index contributed by atoms with van der Waals surface area (Å²) < 4.78 is 4.48. The molecule has 0 saturated heterocycles. The van der Waals surface area contributed by atoms with Crippen molar-refractivity contribution in [2.45, 2.75) is 27.7 Å². The second-order valence-corrected chi connectivity index (χ2v) is 11.7. The summed E-state index contributed by atoms with van der Waals surface area (Å²) in [7, 11) is 0. The molecule has 3 aromatic heterocycles. The number of aromatic nitrogens is 4. The Kier molecular flexibility index (Phi) is 5.69. The minimum Gasteiger partial charge on any atom is -0.308 e. The highest BCUT2D eigenvalue weighted by Crippen LogP contribution is 2.40. The smallest absolute Gasteiger partial charge is 0.159 e. The number of hydrogen-bond acceptors (Lipinski definition) is 3. The predicted octanol–water partition coefficient (Wildman–Crippen LogP) is 9.44. The molecule has 5 aromatic carbocycles. The number of benzene rings is 5. The zero-order chi connectivity index (χ0) is 30.1. The summed E-state index contributed by atoms with van der Waals surface area (Å²) in [6.07, 6.45) is 0. The van der Waals surface area contributed by atoms with Crippen molar-refractivity contribution in [3.63, 3.8) is 0 Å². The van der Waals surface area contributed by atoms with Crippen LogP contribution in [-0.4, -0.2) is 19.1 Å². The van der Waals surface area contributed by atoms with E-state index < -0.39 is 0 Å². The van der Waals surface area contributed by atoms with Crippen molar-refractivity contribution in [2.24, 2.45) is 0 Å². The van der Waals surface area contributed by atoms with Crippen LogP contribution in [0.3, 0.4) is 0 Å². The molecule has 5 nitrogen and oxygen atoms in total. The van der Waals surface area contributed by atoms with Gasteiger partial charge in [-0.2, -0.15) is 5.26 Å². The summed E-state index contributed by atoms with van der Waals surface area (Å²) in [6.45, 7) is 8.21. The van der Waals surface area contributed by atoms with Gasteiger partial charge in [0.1, 0.15) is 11.6 Å². The van der Waals surface area contributed by atoms with Crippen molar-refractivity contribution in [3.05, 3.63) is 131 Å². The van der Waals surface area contributed by atoms with Gasteiger partial charge in [-0.3, -0.25) is 0 Å². The Morgan fingerprint density at radius 3 is 1.45 bits per heavy atom. The number of nitrogens with zero attached hydrogens (tertiary/aromatic N) is 5. The van der Waals surface area contributed by atoms with Crippen molar-refractivity contribution in [1.82, 2.24) is 19.1 Å². The number of hydrogen-bond donors (Lipinski definition) is 0. The van der Waals surface area contributed by atoms with Crippen molar-refractivity contribution < 1.29 is 0 Å². The van der Waals surface area contributed by atoms with E-state index in [2.05, 4.69) is 126 Å². The van der Waals surface area contributed by atoms with Crippen molar-refractivity contribution >= 4 is 43.6 Å². The van der Waals surface area contributed by atoms with Crippen LogP contribution in [0.1, 0.15) is 28.1 Å². The van der Waals surface area contributed by atoms with E-state index in [9.17, 15) is 5.26 Å². The molecule has 44 heavy (non-hydrogen) atoms. The molecule has 0 saturated carbocycles. The van der Waals surface area contributed by atoms with Gasteiger partial charge in [0.15, 0.2) is 5.82 Å². The largest absolute Gasteiger partial charge is 0.308 e. The second-order valence-electron chi connectivity index (χ2n) is 11.7. The Morgan fingerprint density at radius 2 is 0.977 bits per heavy atom. The first kappa shape index (κ1) is 25.9. The minimum absolute atomic E-state index is 0.589. The van der Waals surface area contributed by atoms with Crippen LogP contribution in [0.15, 0.2) is 103 Å². The van der Waals surface area contributed by atoms with E-state index >= 15 is 0 Å². The molecule has 0 fully saturated rings. The van der Waals surface area contributed by atoms with Gasteiger partial charge >= 0.3 is 0 Å². The van der Waals surface area contributed by atoms with E-state index in [1.165, 1.54) is 0 Å². The van der Waals surface area contributed by atoms with Crippen LogP contribution in [0, 0.1) is 39.0 Å². The van der Waals surface area contributed by atoms with E-state index in [0.717, 1.165) is 83.1 Å². The summed E-state index contributed by atoms with van der Waals surface area (Å²) in [5.41, 5.74) is 11.4. The number of nitriles is 1. The Bertz CT molecular complexity index is 2340. The van der Waals surface area contributed by atoms with Gasteiger partial charge < -0.3 is 9.13 Å². The van der Waals surface area contributed by atoms with Crippen molar-refractivity contribution in [1.29, 1.82) is 5.26 Å². The molecule has 0 spiro atoms. The minimum atomic E-state index is 0.589. The third-order valence-corrected chi connectivity index (χ3v) is 8.59. The lowest BCUT2D eigenvalue weighted by atomic mass is 10.0. The summed E-state index contributed by atoms with van der Waals surface area (Å²) in [4.78, 5) is 9.74. The fraction of sp³-hybridized carbons (Fsp3) is 0.103. The van der Waals surface area contributed by atoms with Gasteiger partial charge in [0.2, 0.25) is 0 Å². The van der Waals surface area contributed by atoms with Crippen LogP contribution in [0.5, 0.6) is 0 Å². The SMILES string of the molecule is Cc1ccc2c3ccccc3n(-c3cc(-c4nc(C)cc(C)n4)cc(-n4c5ccccc5c5ccc(C)cc54)c3C#N)c2c1. The van der Waals surface area contributed by atoms with E-state index in [1.54, 1.807) is 0 Å². The van der Waals surface area contributed by atoms with E-state index in [4.69, 9.17) is 9.97 Å². The fourth-order valence-electron chi connectivity index (χ4n) is 6.74. The van der Waals surface area contributed by atoms with Crippen molar-refractivity contribution in [3.8, 4) is 28.8 Å². The third-order valence-electron chi connectivity index (χ3n) is 8.59. The highest BCUT2D eigenvalue weighted by molar-refractivity contribution is 6.11. The molecule has 0 N–H and O–H groups in total. The van der Waals surface area contributed by atoms with Gasteiger partial charge in [-0.05, 0) is 81.3 Å². The molecule has 8 aromatic rings. The first-order valence-corrected chi connectivity index (χ1v) is 14.8. The van der Waals surface area contributed by atoms with Crippen LogP contribution in [-0.2, 0) is 0 Å².